The molecule has 0 amide bonds. The number of allylic oxidation sites excluding steroid dienone is 20. The molecule has 0 saturated carbocycles. The van der Waals surface area contributed by atoms with Gasteiger partial charge in [0.2, 0.25) is 0 Å². The Labute approximate surface area is 482 Å². The Morgan fingerprint density at radius 1 is 0.269 bits per heavy atom. The van der Waals surface area contributed by atoms with Gasteiger partial charge in [-0.1, -0.05) is 290 Å². The van der Waals surface area contributed by atoms with Gasteiger partial charge in [-0.3, -0.25) is 14.4 Å². The van der Waals surface area contributed by atoms with Gasteiger partial charge in [0.1, 0.15) is 13.2 Å². The number of ether oxygens (including phenoxy) is 3. The second-order valence-electron chi connectivity index (χ2n) is 21.3. The average molecular weight is 1080 g/mol. The normalized spacial score (nSPS) is 12.9. The second-order valence-corrected chi connectivity index (χ2v) is 21.3. The summed E-state index contributed by atoms with van der Waals surface area (Å²) in [5.74, 6) is -0.961. The van der Waals surface area contributed by atoms with Gasteiger partial charge in [0.15, 0.2) is 6.10 Å². The van der Waals surface area contributed by atoms with Crippen molar-refractivity contribution >= 4 is 17.9 Å². The largest absolute Gasteiger partial charge is 0.462 e. The molecule has 0 aromatic rings. The summed E-state index contributed by atoms with van der Waals surface area (Å²) >= 11 is 0. The Kier molecular flexibility index (Phi) is 61.8. The molecule has 0 aromatic heterocycles. The lowest BCUT2D eigenvalue weighted by Gasteiger charge is -2.18. The smallest absolute Gasteiger partial charge is 0.306 e. The topological polar surface area (TPSA) is 78.9 Å². The van der Waals surface area contributed by atoms with E-state index < -0.39 is 6.10 Å². The van der Waals surface area contributed by atoms with Crippen LogP contribution in [-0.2, 0) is 28.6 Å². The summed E-state index contributed by atoms with van der Waals surface area (Å²) in [7, 11) is 0. The molecular formula is C72H120O6. The lowest BCUT2D eigenvalue weighted by atomic mass is 10.0. The van der Waals surface area contributed by atoms with E-state index in [1.807, 2.05) is 0 Å². The predicted molar refractivity (Wildman–Crippen MR) is 339 cm³/mol. The van der Waals surface area contributed by atoms with E-state index in [-0.39, 0.29) is 37.5 Å². The number of hydrogen-bond acceptors (Lipinski definition) is 6. The predicted octanol–water partition coefficient (Wildman–Crippen LogP) is 22.4. The Bertz CT molecular complexity index is 1620. The number of esters is 3. The fourth-order valence-corrected chi connectivity index (χ4v) is 8.85. The highest BCUT2D eigenvalue weighted by Gasteiger charge is 2.19. The Balaban J connectivity index is 4.34. The number of rotatable bonds is 58. The minimum Gasteiger partial charge on any atom is -0.462 e. The van der Waals surface area contributed by atoms with Gasteiger partial charge < -0.3 is 14.2 Å². The van der Waals surface area contributed by atoms with Gasteiger partial charge in [-0.05, 0) is 109 Å². The first kappa shape index (κ1) is 73.8. The number of unbranched alkanes of at least 4 members (excludes halogenated alkanes) is 27. The van der Waals surface area contributed by atoms with Gasteiger partial charge in [-0.25, -0.2) is 0 Å². The van der Waals surface area contributed by atoms with Gasteiger partial charge >= 0.3 is 17.9 Å². The van der Waals surface area contributed by atoms with Crippen LogP contribution >= 0.6 is 0 Å². The second kappa shape index (κ2) is 65.3. The minimum atomic E-state index is -0.811. The van der Waals surface area contributed by atoms with Crippen molar-refractivity contribution < 1.29 is 28.6 Å². The van der Waals surface area contributed by atoms with Crippen LogP contribution in [0.3, 0.4) is 0 Å². The average Bonchev–Trinajstić information content (AvgIpc) is 3.44. The molecule has 0 fully saturated rings. The van der Waals surface area contributed by atoms with Gasteiger partial charge in [0.05, 0.1) is 0 Å². The monoisotopic (exact) mass is 1080 g/mol. The van der Waals surface area contributed by atoms with Crippen LogP contribution in [-0.4, -0.2) is 37.2 Å². The number of carbonyl (C=O) groups excluding carboxylic acids is 3. The molecule has 6 heteroatoms. The van der Waals surface area contributed by atoms with Gasteiger partial charge in [0.25, 0.3) is 0 Å². The molecule has 0 rings (SSSR count). The highest BCUT2D eigenvalue weighted by Crippen LogP contribution is 2.16. The molecule has 0 radical (unpaired) electrons. The third-order valence-corrected chi connectivity index (χ3v) is 13.7. The maximum atomic E-state index is 12.9. The van der Waals surface area contributed by atoms with E-state index in [1.54, 1.807) is 0 Å². The molecule has 0 bridgehead atoms. The Morgan fingerprint density at radius 2 is 0.513 bits per heavy atom. The highest BCUT2D eigenvalue weighted by molar-refractivity contribution is 5.71. The fourth-order valence-electron chi connectivity index (χ4n) is 8.85. The third kappa shape index (κ3) is 62.7. The van der Waals surface area contributed by atoms with Crippen LogP contribution in [0.4, 0.5) is 0 Å². The van der Waals surface area contributed by atoms with E-state index >= 15 is 0 Å². The molecule has 0 aliphatic carbocycles. The summed E-state index contributed by atoms with van der Waals surface area (Å²) in [6.45, 7) is 6.47. The van der Waals surface area contributed by atoms with Crippen LogP contribution in [0.2, 0.25) is 0 Å². The summed E-state index contributed by atoms with van der Waals surface area (Å²) in [6, 6.07) is 0. The van der Waals surface area contributed by atoms with Gasteiger partial charge in [-0.2, -0.15) is 0 Å². The third-order valence-electron chi connectivity index (χ3n) is 13.7. The number of hydrogen-bond donors (Lipinski definition) is 0. The van der Waals surface area contributed by atoms with Crippen molar-refractivity contribution in [2.75, 3.05) is 13.2 Å². The van der Waals surface area contributed by atoms with Crippen LogP contribution in [0.1, 0.15) is 297 Å². The first-order valence-corrected chi connectivity index (χ1v) is 32.5. The van der Waals surface area contributed by atoms with Crippen LogP contribution < -0.4 is 0 Å². The number of carbonyl (C=O) groups is 3. The van der Waals surface area contributed by atoms with Crippen molar-refractivity contribution in [3.05, 3.63) is 122 Å². The van der Waals surface area contributed by atoms with Crippen LogP contribution in [0, 0.1) is 0 Å². The highest BCUT2D eigenvalue weighted by atomic mass is 16.6. The lowest BCUT2D eigenvalue weighted by molar-refractivity contribution is -0.167. The van der Waals surface area contributed by atoms with E-state index in [4.69, 9.17) is 14.2 Å². The Morgan fingerprint density at radius 3 is 0.821 bits per heavy atom. The van der Waals surface area contributed by atoms with Crippen molar-refractivity contribution in [3.63, 3.8) is 0 Å². The molecule has 0 aliphatic heterocycles. The maximum absolute atomic E-state index is 12.9. The summed E-state index contributed by atoms with van der Waals surface area (Å²) in [5.41, 5.74) is 0. The standard InChI is InChI=1S/C72H120O6/c1-4-7-10-13-16-19-22-24-26-28-30-32-34-35-36-37-39-40-42-44-46-48-50-53-56-59-62-65-71(74)77-68-69(67-76-70(73)64-61-58-55-52-21-18-15-12-9-6-3)78-72(75)66-63-60-57-54-51-49-47-45-43-41-38-33-31-29-27-25-23-20-17-14-11-8-5-2/h8,11,17,20,22,24-25,27-28,30-31,33-35,41,43,47,49,54,57,69H,4-7,9-10,12-16,18-19,21,23,26,29,32,36-40,42,44-46,48,50-53,55-56,58-68H2,1-3H3/b11-8-,20-17-,24-22-,27-25-,30-28-,33-31-,35-34-,43-41-,49-47-,57-54-. The molecular weight excluding hydrogens is 961 g/mol. The summed E-state index contributed by atoms with van der Waals surface area (Å²) in [4.78, 5) is 38.2. The first-order chi connectivity index (χ1) is 38.5. The molecule has 1 atom stereocenters. The molecule has 0 aromatic carbocycles. The van der Waals surface area contributed by atoms with Crippen molar-refractivity contribution in [3.8, 4) is 0 Å². The zero-order valence-corrected chi connectivity index (χ0v) is 50.9. The molecule has 0 spiro atoms. The maximum Gasteiger partial charge on any atom is 0.306 e. The van der Waals surface area contributed by atoms with Crippen LogP contribution in [0.25, 0.3) is 0 Å². The van der Waals surface area contributed by atoms with Crippen molar-refractivity contribution in [1.29, 1.82) is 0 Å². The molecule has 0 aliphatic rings. The van der Waals surface area contributed by atoms with Crippen molar-refractivity contribution in [2.45, 2.75) is 303 Å². The van der Waals surface area contributed by atoms with Crippen molar-refractivity contribution in [1.82, 2.24) is 0 Å². The van der Waals surface area contributed by atoms with Gasteiger partial charge in [0, 0.05) is 19.3 Å². The minimum absolute atomic E-state index is 0.102. The zero-order chi connectivity index (χ0) is 56.4. The summed E-state index contributed by atoms with van der Waals surface area (Å²) in [6.07, 6.45) is 90.8. The quantitative estimate of drug-likeness (QED) is 0.0261. The van der Waals surface area contributed by atoms with E-state index in [1.165, 1.54) is 148 Å². The molecule has 0 heterocycles. The van der Waals surface area contributed by atoms with Crippen molar-refractivity contribution in [2.24, 2.45) is 0 Å². The molecule has 6 nitrogen and oxygen atoms in total. The molecule has 1 unspecified atom stereocenters. The molecule has 78 heavy (non-hydrogen) atoms. The molecule has 0 saturated heterocycles. The summed E-state index contributed by atoms with van der Waals surface area (Å²) in [5, 5.41) is 0. The molecule has 0 N–H and O–H groups in total. The molecule has 444 valence electrons. The lowest BCUT2D eigenvalue weighted by Crippen LogP contribution is -2.30. The fraction of sp³-hybridized carbons (Fsp3) is 0.681. The van der Waals surface area contributed by atoms with E-state index in [9.17, 15) is 14.4 Å². The Hall–Kier alpha value is -4.19. The summed E-state index contributed by atoms with van der Waals surface area (Å²) < 4.78 is 16.8. The first-order valence-electron chi connectivity index (χ1n) is 32.5. The zero-order valence-electron chi connectivity index (χ0n) is 50.9. The van der Waals surface area contributed by atoms with E-state index in [0.29, 0.717) is 19.3 Å². The van der Waals surface area contributed by atoms with Gasteiger partial charge in [-0.15, -0.1) is 0 Å². The van der Waals surface area contributed by atoms with E-state index in [2.05, 4.69) is 142 Å². The van der Waals surface area contributed by atoms with E-state index in [0.717, 1.165) is 103 Å². The van der Waals surface area contributed by atoms with Crippen LogP contribution in [0.15, 0.2) is 122 Å². The SMILES string of the molecule is CC/C=C\C/C=C\C/C=C\C/C=C\C/C=C\C/C=C\C/C=C\CCCC(=O)OC(COC(=O)CCCCCCCCCCCC)COC(=O)CCCCCCCCCCCCCC/C=C\C/C=C\C/C=C\CCCCCCC. The van der Waals surface area contributed by atoms with Crippen LogP contribution in [0.5, 0.6) is 0 Å².